The SMILES string of the molecule is COC(=O)[C@@H](Cc1ccc(-c2ccccc2)cc1)NC(=O)c1cc(C)cc(C)c1. The van der Waals surface area contributed by atoms with Gasteiger partial charge in [-0.1, -0.05) is 71.8 Å². The molecule has 0 unspecified atom stereocenters. The summed E-state index contributed by atoms with van der Waals surface area (Å²) in [5.74, 6) is -0.747. The summed E-state index contributed by atoms with van der Waals surface area (Å²) in [7, 11) is 1.33. The smallest absolute Gasteiger partial charge is 0.328 e. The zero-order valence-electron chi connectivity index (χ0n) is 16.9. The van der Waals surface area contributed by atoms with Gasteiger partial charge >= 0.3 is 5.97 Å². The number of rotatable bonds is 6. The van der Waals surface area contributed by atoms with Crippen molar-refractivity contribution >= 4 is 11.9 Å². The summed E-state index contributed by atoms with van der Waals surface area (Å²) in [6.07, 6.45) is 0.359. The Balaban J connectivity index is 1.75. The summed E-state index contributed by atoms with van der Waals surface area (Å²) in [6, 6.07) is 22.9. The van der Waals surface area contributed by atoms with E-state index in [4.69, 9.17) is 4.74 Å². The van der Waals surface area contributed by atoms with E-state index in [0.29, 0.717) is 12.0 Å². The Hall–Kier alpha value is -3.40. The summed E-state index contributed by atoms with van der Waals surface area (Å²) in [4.78, 5) is 25.0. The van der Waals surface area contributed by atoms with Crippen LogP contribution in [0.2, 0.25) is 0 Å². The van der Waals surface area contributed by atoms with E-state index in [9.17, 15) is 9.59 Å². The van der Waals surface area contributed by atoms with Crippen LogP contribution in [0, 0.1) is 13.8 Å². The highest BCUT2D eigenvalue weighted by Crippen LogP contribution is 2.20. The minimum Gasteiger partial charge on any atom is -0.467 e. The zero-order valence-corrected chi connectivity index (χ0v) is 16.9. The fourth-order valence-corrected chi connectivity index (χ4v) is 3.38. The molecule has 0 aliphatic heterocycles. The first-order chi connectivity index (χ1) is 14.0. The van der Waals surface area contributed by atoms with Gasteiger partial charge in [-0.2, -0.15) is 0 Å². The molecule has 3 aromatic carbocycles. The maximum Gasteiger partial charge on any atom is 0.328 e. The summed E-state index contributed by atoms with van der Waals surface area (Å²) in [6.45, 7) is 3.88. The van der Waals surface area contributed by atoms with E-state index in [1.807, 2.05) is 74.5 Å². The van der Waals surface area contributed by atoms with Crippen molar-refractivity contribution in [3.05, 3.63) is 95.1 Å². The number of carbonyl (C=O) groups is 2. The van der Waals surface area contributed by atoms with Crippen LogP contribution >= 0.6 is 0 Å². The van der Waals surface area contributed by atoms with Crippen molar-refractivity contribution in [2.75, 3.05) is 7.11 Å². The van der Waals surface area contributed by atoms with Crippen LogP contribution in [0.15, 0.2) is 72.8 Å². The van der Waals surface area contributed by atoms with Crippen molar-refractivity contribution in [1.82, 2.24) is 5.32 Å². The van der Waals surface area contributed by atoms with E-state index >= 15 is 0 Å². The lowest BCUT2D eigenvalue weighted by Crippen LogP contribution is -2.43. The summed E-state index contributed by atoms with van der Waals surface area (Å²) < 4.78 is 4.91. The predicted molar refractivity (Wildman–Crippen MR) is 115 cm³/mol. The van der Waals surface area contributed by atoms with Crippen molar-refractivity contribution in [3.8, 4) is 11.1 Å². The van der Waals surface area contributed by atoms with Gasteiger partial charge in [0.1, 0.15) is 6.04 Å². The highest BCUT2D eigenvalue weighted by Gasteiger charge is 2.23. The van der Waals surface area contributed by atoms with E-state index in [1.54, 1.807) is 0 Å². The number of nitrogens with one attached hydrogen (secondary N) is 1. The van der Waals surface area contributed by atoms with Crippen LogP contribution in [-0.2, 0) is 16.0 Å². The molecule has 4 nitrogen and oxygen atoms in total. The average molecular weight is 387 g/mol. The molecule has 0 aliphatic rings. The Morgan fingerprint density at radius 1 is 0.862 bits per heavy atom. The van der Waals surface area contributed by atoms with Crippen LogP contribution in [0.1, 0.15) is 27.0 Å². The van der Waals surface area contributed by atoms with Gasteiger partial charge in [-0.25, -0.2) is 4.79 Å². The Kier molecular flexibility index (Phi) is 6.45. The van der Waals surface area contributed by atoms with Crippen molar-refractivity contribution in [2.24, 2.45) is 0 Å². The molecule has 0 aromatic heterocycles. The third kappa shape index (κ3) is 5.32. The van der Waals surface area contributed by atoms with Crippen molar-refractivity contribution in [2.45, 2.75) is 26.3 Å². The van der Waals surface area contributed by atoms with Gasteiger partial charge in [0.05, 0.1) is 7.11 Å². The number of benzene rings is 3. The van der Waals surface area contributed by atoms with Crippen LogP contribution < -0.4 is 5.32 Å². The third-order valence-corrected chi connectivity index (χ3v) is 4.78. The molecule has 1 atom stereocenters. The number of hydrogen-bond acceptors (Lipinski definition) is 3. The van der Waals surface area contributed by atoms with E-state index < -0.39 is 12.0 Å². The number of carbonyl (C=O) groups excluding carboxylic acids is 2. The maximum absolute atomic E-state index is 12.7. The monoisotopic (exact) mass is 387 g/mol. The molecule has 0 heterocycles. The number of amides is 1. The molecule has 4 heteroatoms. The Labute approximate surface area is 171 Å². The highest BCUT2D eigenvalue weighted by atomic mass is 16.5. The van der Waals surface area contributed by atoms with E-state index in [-0.39, 0.29) is 5.91 Å². The third-order valence-electron chi connectivity index (χ3n) is 4.78. The molecule has 0 radical (unpaired) electrons. The van der Waals surface area contributed by atoms with E-state index in [2.05, 4.69) is 17.4 Å². The van der Waals surface area contributed by atoms with Gasteiger partial charge < -0.3 is 10.1 Å². The first-order valence-corrected chi connectivity index (χ1v) is 9.57. The van der Waals surface area contributed by atoms with Crippen LogP contribution in [-0.4, -0.2) is 25.0 Å². The molecule has 0 fully saturated rings. The summed E-state index contributed by atoms with van der Waals surface area (Å²) in [5, 5.41) is 2.82. The largest absolute Gasteiger partial charge is 0.467 e. The average Bonchev–Trinajstić information content (AvgIpc) is 2.73. The van der Waals surface area contributed by atoms with Gasteiger partial charge in [-0.3, -0.25) is 4.79 Å². The zero-order chi connectivity index (χ0) is 20.8. The first kappa shape index (κ1) is 20.3. The number of aryl methyl sites for hydroxylation is 2. The quantitative estimate of drug-likeness (QED) is 0.634. The molecule has 0 saturated heterocycles. The lowest BCUT2D eigenvalue weighted by Gasteiger charge is -2.17. The van der Waals surface area contributed by atoms with Crippen molar-refractivity contribution < 1.29 is 14.3 Å². The molecule has 0 spiro atoms. The fraction of sp³-hybridized carbons (Fsp3) is 0.200. The second-order valence-electron chi connectivity index (χ2n) is 7.19. The molecular formula is C25H25NO3. The van der Waals surface area contributed by atoms with Gasteiger partial charge in [0.15, 0.2) is 0 Å². The number of methoxy groups -OCH3 is 1. The number of hydrogen-bond donors (Lipinski definition) is 1. The minimum absolute atomic E-state index is 0.284. The van der Waals surface area contributed by atoms with Crippen LogP contribution in [0.3, 0.4) is 0 Å². The Morgan fingerprint density at radius 2 is 1.45 bits per heavy atom. The molecular weight excluding hydrogens is 362 g/mol. The second kappa shape index (κ2) is 9.20. The number of ether oxygens (including phenoxy) is 1. The van der Waals surface area contributed by atoms with Crippen molar-refractivity contribution in [1.29, 1.82) is 0 Å². The summed E-state index contributed by atoms with van der Waals surface area (Å²) in [5.41, 5.74) is 5.72. The van der Waals surface area contributed by atoms with Gasteiger partial charge in [-0.15, -0.1) is 0 Å². The summed E-state index contributed by atoms with van der Waals surface area (Å²) >= 11 is 0. The minimum atomic E-state index is -0.754. The molecule has 148 valence electrons. The van der Waals surface area contributed by atoms with Gasteiger partial charge in [-0.05, 0) is 42.7 Å². The van der Waals surface area contributed by atoms with Crippen LogP contribution in [0.5, 0.6) is 0 Å². The molecule has 0 saturated carbocycles. The van der Waals surface area contributed by atoms with E-state index in [0.717, 1.165) is 27.8 Å². The first-order valence-electron chi connectivity index (χ1n) is 9.57. The molecule has 0 bridgehead atoms. The lowest BCUT2D eigenvalue weighted by atomic mass is 10.00. The highest BCUT2D eigenvalue weighted by molar-refractivity contribution is 5.97. The lowest BCUT2D eigenvalue weighted by molar-refractivity contribution is -0.142. The van der Waals surface area contributed by atoms with Gasteiger partial charge in [0.2, 0.25) is 0 Å². The number of esters is 1. The molecule has 29 heavy (non-hydrogen) atoms. The van der Waals surface area contributed by atoms with Crippen molar-refractivity contribution in [3.63, 3.8) is 0 Å². The standard InChI is InChI=1S/C25H25NO3/c1-17-13-18(2)15-22(14-17)24(27)26-23(25(28)29-3)16-19-9-11-21(12-10-19)20-7-5-4-6-8-20/h4-15,23H,16H2,1-3H3,(H,26,27)/t23-/m1/s1. The molecule has 1 amide bonds. The predicted octanol–water partition coefficient (Wildman–Crippen LogP) is 4.48. The van der Waals surface area contributed by atoms with Gasteiger partial charge in [0.25, 0.3) is 5.91 Å². The Bertz CT molecular complexity index is 974. The Morgan fingerprint density at radius 3 is 2.03 bits per heavy atom. The molecule has 0 aliphatic carbocycles. The normalized spacial score (nSPS) is 11.6. The van der Waals surface area contributed by atoms with Gasteiger partial charge in [0, 0.05) is 12.0 Å². The van der Waals surface area contributed by atoms with Crippen LogP contribution in [0.4, 0.5) is 0 Å². The van der Waals surface area contributed by atoms with Crippen LogP contribution in [0.25, 0.3) is 11.1 Å². The van der Waals surface area contributed by atoms with E-state index in [1.165, 1.54) is 7.11 Å². The fourth-order valence-electron chi connectivity index (χ4n) is 3.38. The molecule has 3 rings (SSSR count). The second-order valence-corrected chi connectivity index (χ2v) is 7.19. The molecule has 3 aromatic rings. The topological polar surface area (TPSA) is 55.4 Å². The molecule has 1 N–H and O–H groups in total. The maximum atomic E-state index is 12.7.